The van der Waals surface area contributed by atoms with Crippen LogP contribution in [0.2, 0.25) is 0 Å². The van der Waals surface area contributed by atoms with E-state index in [0.29, 0.717) is 0 Å². The maximum atomic E-state index is 3.50. The third-order valence-corrected chi connectivity index (χ3v) is 3.87. The minimum absolute atomic E-state index is 0.851. The van der Waals surface area contributed by atoms with Gasteiger partial charge in [-0.05, 0) is 47.5 Å². The molecule has 0 aliphatic rings. The van der Waals surface area contributed by atoms with E-state index in [4.69, 9.17) is 0 Å². The second-order valence-electron chi connectivity index (χ2n) is 5.05. The monoisotopic (exact) mass is 325 g/mol. The predicted molar refractivity (Wildman–Crippen MR) is 90.2 cm³/mol. The second kappa shape index (κ2) is 5.68. The van der Waals surface area contributed by atoms with Crippen LogP contribution < -0.4 is 5.32 Å². The fourth-order valence-corrected chi connectivity index (χ4v) is 2.73. The van der Waals surface area contributed by atoms with Crippen LogP contribution in [-0.2, 0) is 6.54 Å². The van der Waals surface area contributed by atoms with Gasteiger partial charge in [0.15, 0.2) is 0 Å². The molecule has 1 nitrogen and oxygen atoms in total. The van der Waals surface area contributed by atoms with Crippen LogP contribution in [0.15, 0.2) is 65.1 Å². The van der Waals surface area contributed by atoms with Crippen LogP contribution in [0.3, 0.4) is 0 Å². The number of benzene rings is 3. The SMILES string of the molecule is Cc1cccc(CNc2ccc3cc(Br)ccc3c2)c1. The molecule has 0 heterocycles. The highest BCUT2D eigenvalue weighted by Crippen LogP contribution is 2.23. The molecule has 0 saturated heterocycles. The summed E-state index contributed by atoms with van der Waals surface area (Å²) in [4.78, 5) is 0. The molecule has 100 valence electrons. The summed E-state index contributed by atoms with van der Waals surface area (Å²) in [6.07, 6.45) is 0. The van der Waals surface area contributed by atoms with E-state index in [-0.39, 0.29) is 0 Å². The maximum absolute atomic E-state index is 3.50. The van der Waals surface area contributed by atoms with E-state index in [9.17, 15) is 0 Å². The quantitative estimate of drug-likeness (QED) is 0.668. The van der Waals surface area contributed by atoms with E-state index in [1.54, 1.807) is 0 Å². The predicted octanol–water partition coefficient (Wildman–Crippen LogP) is 5.52. The number of halogens is 1. The smallest absolute Gasteiger partial charge is 0.0400 e. The third-order valence-electron chi connectivity index (χ3n) is 3.38. The van der Waals surface area contributed by atoms with E-state index >= 15 is 0 Å². The molecule has 0 fully saturated rings. The number of rotatable bonds is 3. The molecular formula is C18H16BrN. The fraction of sp³-hybridized carbons (Fsp3) is 0.111. The van der Waals surface area contributed by atoms with Gasteiger partial charge in [-0.15, -0.1) is 0 Å². The number of fused-ring (bicyclic) bond motifs is 1. The Kier molecular flexibility index (Phi) is 3.75. The Labute approximate surface area is 127 Å². The summed E-state index contributed by atoms with van der Waals surface area (Å²) < 4.78 is 1.12. The molecule has 3 rings (SSSR count). The van der Waals surface area contributed by atoms with Crippen molar-refractivity contribution in [3.05, 3.63) is 76.3 Å². The van der Waals surface area contributed by atoms with E-state index in [1.807, 2.05) is 0 Å². The summed E-state index contributed by atoms with van der Waals surface area (Å²) in [5.41, 5.74) is 3.76. The number of anilines is 1. The van der Waals surface area contributed by atoms with Crippen molar-refractivity contribution in [2.45, 2.75) is 13.5 Å². The van der Waals surface area contributed by atoms with Gasteiger partial charge in [-0.3, -0.25) is 0 Å². The first-order chi connectivity index (χ1) is 9.70. The normalized spacial score (nSPS) is 10.7. The Morgan fingerprint density at radius 1 is 0.900 bits per heavy atom. The van der Waals surface area contributed by atoms with Crippen LogP contribution in [0.1, 0.15) is 11.1 Å². The molecule has 0 radical (unpaired) electrons. The number of hydrogen-bond donors (Lipinski definition) is 1. The molecule has 20 heavy (non-hydrogen) atoms. The van der Waals surface area contributed by atoms with Crippen molar-refractivity contribution in [3.63, 3.8) is 0 Å². The van der Waals surface area contributed by atoms with Gasteiger partial charge >= 0.3 is 0 Å². The Balaban J connectivity index is 1.79. The van der Waals surface area contributed by atoms with Crippen molar-refractivity contribution in [2.24, 2.45) is 0 Å². The number of nitrogens with one attached hydrogen (secondary N) is 1. The van der Waals surface area contributed by atoms with Gasteiger partial charge in [-0.1, -0.05) is 57.9 Å². The van der Waals surface area contributed by atoms with Gasteiger partial charge in [0.05, 0.1) is 0 Å². The summed E-state index contributed by atoms with van der Waals surface area (Å²) in [6, 6.07) is 21.4. The third kappa shape index (κ3) is 3.02. The lowest BCUT2D eigenvalue weighted by Crippen LogP contribution is -1.99. The Bertz CT molecular complexity index is 749. The summed E-state index contributed by atoms with van der Waals surface area (Å²) >= 11 is 3.50. The van der Waals surface area contributed by atoms with Gasteiger partial charge in [0, 0.05) is 16.7 Å². The lowest BCUT2D eigenvalue weighted by atomic mass is 10.1. The highest BCUT2D eigenvalue weighted by atomic mass is 79.9. The molecule has 3 aromatic rings. The van der Waals surface area contributed by atoms with Gasteiger partial charge in [-0.25, -0.2) is 0 Å². The summed E-state index contributed by atoms with van der Waals surface area (Å²) in [6.45, 7) is 2.97. The van der Waals surface area contributed by atoms with Crippen molar-refractivity contribution in [1.82, 2.24) is 0 Å². The molecular weight excluding hydrogens is 310 g/mol. The molecule has 0 amide bonds. The first-order valence-electron chi connectivity index (χ1n) is 6.69. The highest BCUT2D eigenvalue weighted by molar-refractivity contribution is 9.10. The van der Waals surface area contributed by atoms with Crippen molar-refractivity contribution >= 4 is 32.4 Å². The zero-order valence-corrected chi connectivity index (χ0v) is 12.9. The molecule has 1 N–H and O–H groups in total. The maximum Gasteiger partial charge on any atom is 0.0400 e. The van der Waals surface area contributed by atoms with Gasteiger partial charge in [-0.2, -0.15) is 0 Å². The number of aryl methyl sites for hydroxylation is 1. The molecule has 0 aliphatic carbocycles. The lowest BCUT2D eigenvalue weighted by Gasteiger charge is -2.08. The standard InChI is InChI=1S/C18H16BrN/c1-13-3-2-4-14(9-13)12-20-18-8-6-15-10-17(19)7-5-16(15)11-18/h2-11,20H,12H2,1H3. The van der Waals surface area contributed by atoms with Crippen molar-refractivity contribution in [3.8, 4) is 0 Å². The zero-order chi connectivity index (χ0) is 13.9. The Morgan fingerprint density at radius 2 is 1.70 bits per heavy atom. The van der Waals surface area contributed by atoms with Crippen LogP contribution in [0.4, 0.5) is 5.69 Å². The van der Waals surface area contributed by atoms with Gasteiger partial charge < -0.3 is 5.32 Å². The largest absolute Gasteiger partial charge is 0.381 e. The Hall–Kier alpha value is -1.80. The molecule has 3 aromatic carbocycles. The molecule has 0 aromatic heterocycles. The Morgan fingerprint density at radius 3 is 2.55 bits per heavy atom. The molecule has 0 unspecified atom stereocenters. The second-order valence-corrected chi connectivity index (χ2v) is 5.96. The topological polar surface area (TPSA) is 12.0 Å². The summed E-state index contributed by atoms with van der Waals surface area (Å²) in [5.74, 6) is 0. The van der Waals surface area contributed by atoms with E-state index in [0.717, 1.165) is 16.7 Å². The van der Waals surface area contributed by atoms with E-state index < -0.39 is 0 Å². The first kappa shape index (κ1) is 13.2. The molecule has 0 saturated carbocycles. The lowest BCUT2D eigenvalue weighted by molar-refractivity contribution is 1.14. The first-order valence-corrected chi connectivity index (χ1v) is 7.49. The minimum atomic E-state index is 0.851. The average Bonchev–Trinajstić information content (AvgIpc) is 2.45. The highest BCUT2D eigenvalue weighted by Gasteiger charge is 1.98. The van der Waals surface area contributed by atoms with Gasteiger partial charge in [0.2, 0.25) is 0 Å². The van der Waals surface area contributed by atoms with Crippen LogP contribution in [-0.4, -0.2) is 0 Å². The van der Waals surface area contributed by atoms with Crippen LogP contribution >= 0.6 is 15.9 Å². The van der Waals surface area contributed by atoms with Crippen molar-refractivity contribution < 1.29 is 0 Å². The van der Waals surface area contributed by atoms with Crippen molar-refractivity contribution in [1.29, 1.82) is 0 Å². The van der Waals surface area contributed by atoms with Crippen LogP contribution in [0, 0.1) is 6.92 Å². The average molecular weight is 326 g/mol. The molecule has 0 aliphatic heterocycles. The van der Waals surface area contributed by atoms with E-state index in [1.165, 1.54) is 21.9 Å². The van der Waals surface area contributed by atoms with E-state index in [2.05, 4.69) is 88.8 Å². The van der Waals surface area contributed by atoms with Crippen LogP contribution in [0.25, 0.3) is 10.8 Å². The summed E-state index contributed by atoms with van der Waals surface area (Å²) in [5, 5.41) is 5.99. The molecule has 0 spiro atoms. The van der Waals surface area contributed by atoms with Gasteiger partial charge in [0.1, 0.15) is 0 Å². The fourth-order valence-electron chi connectivity index (χ4n) is 2.35. The summed E-state index contributed by atoms with van der Waals surface area (Å²) in [7, 11) is 0. The zero-order valence-electron chi connectivity index (χ0n) is 11.4. The van der Waals surface area contributed by atoms with Crippen molar-refractivity contribution in [2.75, 3.05) is 5.32 Å². The molecule has 0 bridgehead atoms. The molecule has 0 atom stereocenters. The number of hydrogen-bond acceptors (Lipinski definition) is 1. The minimum Gasteiger partial charge on any atom is -0.381 e. The van der Waals surface area contributed by atoms with Crippen LogP contribution in [0.5, 0.6) is 0 Å². The van der Waals surface area contributed by atoms with Gasteiger partial charge in [0.25, 0.3) is 0 Å². The molecule has 2 heteroatoms.